The highest BCUT2D eigenvalue weighted by molar-refractivity contribution is 5.96. The Morgan fingerprint density at radius 2 is 1.07 bits per heavy atom. The first-order valence-corrected chi connectivity index (χ1v) is 18.8. The zero-order valence-electron chi connectivity index (χ0n) is 32.3. The molecule has 0 saturated carbocycles. The van der Waals surface area contributed by atoms with Crippen molar-refractivity contribution < 1.29 is 38.1 Å². The van der Waals surface area contributed by atoms with Crippen molar-refractivity contribution in [2.45, 2.75) is 103 Å². The average molecular weight is 749 g/mol. The predicted molar refractivity (Wildman–Crippen MR) is 208 cm³/mol. The minimum Gasteiger partial charge on any atom is -0.374 e. The summed E-state index contributed by atoms with van der Waals surface area (Å²) >= 11 is 0. The molecule has 4 aromatic rings. The lowest BCUT2D eigenvalue weighted by molar-refractivity contribution is -0.277. The van der Waals surface area contributed by atoms with Crippen LogP contribution in [0.1, 0.15) is 56.9 Å². The van der Waals surface area contributed by atoms with Crippen LogP contribution in [0, 0.1) is 0 Å². The second-order valence-corrected chi connectivity index (χ2v) is 15.0. The van der Waals surface area contributed by atoms with Crippen molar-refractivity contribution >= 4 is 11.9 Å². The lowest BCUT2D eigenvalue weighted by atomic mass is 9.94. The van der Waals surface area contributed by atoms with Gasteiger partial charge in [-0.25, -0.2) is 0 Å². The van der Waals surface area contributed by atoms with Gasteiger partial charge in [-0.2, -0.15) is 0 Å². The van der Waals surface area contributed by atoms with Gasteiger partial charge in [0.2, 0.25) is 0 Å². The molecule has 6 rings (SSSR count). The minimum atomic E-state index is -0.985. The molecule has 2 aliphatic rings. The molecule has 0 aliphatic carbocycles. The number of nitrogens with one attached hydrogen (secondary N) is 1. The standard InChI is InChI=1S/C45H52N2O8/c1-32(48)55-47-44(2,3)26-37(45(47,4)5)42(49)46-43-41(53-30-36-24-16-9-17-25-36)40(52-29-35-22-14-8-15-23-35)39(51-28-34-20-12-7-13-21-34)38(54-43)31-50-27-33-18-10-6-11-19-33/h6-26,38-41,43H,27-31H2,1-5H3,(H,46,49)/t38-,39-,40+,41-,43+/m1/s1. The van der Waals surface area contributed by atoms with Gasteiger partial charge in [0.15, 0.2) is 6.23 Å². The van der Waals surface area contributed by atoms with Gasteiger partial charge in [-0.15, -0.1) is 5.06 Å². The first-order chi connectivity index (χ1) is 26.5. The molecular formula is C45H52N2O8. The molecule has 2 heterocycles. The first-order valence-electron chi connectivity index (χ1n) is 18.8. The maximum atomic E-state index is 14.5. The van der Waals surface area contributed by atoms with Crippen LogP contribution in [-0.4, -0.2) is 65.3 Å². The van der Waals surface area contributed by atoms with Crippen molar-refractivity contribution in [3.05, 3.63) is 155 Å². The molecule has 1 fully saturated rings. The monoisotopic (exact) mass is 748 g/mol. The van der Waals surface area contributed by atoms with Crippen LogP contribution >= 0.6 is 0 Å². The van der Waals surface area contributed by atoms with E-state index < -0.39 is 47.7 Å². The van der Waals surface area contributed by atoms with E-state index in [0.717, 1.165) is 22.3 Å². The van der Waals surface area contributed by atoms with E-state index in [1.165, 1.54) is 6.92 Å². The van der Waals surface area contributed by atoms with Gasteiger partial charge < -0.3 is 33.8 Å². The van der Waals surface area contributed by atoms with E-state index in [4.69, 9.17) is 28.5 Å². The van der Waals surface area contributed by atoms with E-state index >= 15 is 0 Å². The Kier molecular flexibility index (Phi) is 13.3. The van der Waals surface area contributed by atoms with Gasteiger partial charge in [0.1, 0.15) is 24.4 Å². The number of amides is 1. The van der Waals surface area contributed by atoms with E-state index in [2.05, 4.69) is 5.32 Å². The molecular weight excluding hydrogens is 697 g/mol. The molecule has 10 nitrogen and oxygen atoms in total. The molecule has 0 bridgehead atoms. The molecule has 0 unspecified atom stereocenters. The second kappa shape index (κ2) is 18.3. The van der Waals surface area contributed by atoms with Crippen molar-refractivity contribution in [2.75, 3.05) is 6.61 Å². The van der Waals surface area contributed by atoms with Crippen LogP contribution in [0.5, 0.6) is 0 Å². The highest BCUT2D eigenvalue weighted by Gasteiger charge is 2.53. The Balaban J connectivity index is 1.35. The zero-order chi connectivity index (χ0) is 38.8. The van der Waals surface area contributed by atoms with E-state index in [1.807, 2.05) is 155 Å². The smallest absolute Gasteiger partial charge is 0.322 e. The first kappa shape index (κ1) is 40.0. The number of hydrogen-bond acceptors (Lipinski definition) is 9. The van der Waals surface area contributed by atoms with E-state index in [1.54, 1.807) is 5.06 Å². The Labute approximate surface area is 324 Å². The van der Waals surface area contributed by atoms with Crippen molar-refractivity contribution in [3.63, 3.8) is 0 Å². The lowest BCUT2D eigenvalue weighted by Gasteiger charge is -2.46. The highest BCUT2D eigenvalue weighted by atomic mass is 16.7. The van der Waals surface area contributed by atoms with Crippen LogP contribution in [0.3, 0.4) is 0 Å². The van der Waals surface area contributed by atoms with Gasteiger partial charge in [-0.3, -0.25) is 9.59 Å². The van der Waals surface area contributed by atoms with Gasteiger partial charge in [0, 0.05) is 12.5 Å². The summed E-state index contributed by atoms with van der Waals surface area (Å²) in [6.07, 6.45) is -2.02. The maximum absolute atomic E-state index is 14.5. The molecule has 2 aliphatic heterocycles. The number of benzene rings is 4. The number of hydroxylamine groups is 2. The van der Waals surface area contributed by atoms with Gasteiger partial charge >= 0.3 is 5.97 Å². The fourth-order valence-corrected chi connectivity index (χ4v) is 7.23. The molecule has 10 heteroatoms. The molecule has 0 spiro atoms. The summed E-state index contributed by atoms with van der Waals surface area (Å²) in [4.78, 5) is 32.2. The Morgan fingerprint density at radius 1 is 0.636 bits per heavy atom. The van der Waals surface area contributed by atoms with Gasteiger partial charge in [0.05, 0.1) is 44.1 Å². The van der Waals surface area contributed by atoms with Crippen LogP contribution < -0.4 is 5.32 Å². The molecule has 0 radical (unpaired) electrons. The van der Waals surface area contributed by atoms with Crippen molar-refractivity contribution in [3.8, 4) is 0 Å². The Hall–Kier alpha value is -4.68. The number of nitrogens with zero attached hydrogens (tertiary/aromatic N) is 1. The van der Waals surface area contributed by atoms with Crippen LogP contribution in [0.2, 0.25) is 0 Å². The maximum Gasteiger partial charge on any atom is 0.322 e. The van der Waals surface area contributed by atoms with Gasteiger partial charge in [-0.1, -0.05) is 127 Å². The van der Waals surface area contributed by atoms with E-state index in [0.29, 0.717) is 18.8 Å². The SMILES string of the molecule is CC(=O)ON1C(C)(C)C=C(C(=O)N[C@H]2O[C@H](COCc3ccccc3)[C@@H](OCc3ccccc3)[C@H](OCc3ccccc3)[C@H]2OCc2ccccc2)C1(C)C. The Bertz CT molecular complexity index is 1850. The molecule has 5 atom stereocenters. The van der Waals surface area contributed by atoms with E-state index in [9.17, 15) is 9.59 Å². The average Bonchev–Trinajstić information content (AvgIpc) is 3.37. The largest absolute Gasteiger partial charge is 0.374 e. The summed E-state index contributed by atoms with van der Waals surface area (Å²) in [5.41, 5.74) is 2.62. The van der Waals surface area contributed by atoms with Crippen molar-refractivity contribution in [2.24, 2.45) is 0 Å². The number of carbonyl (C=O) groups excluding carboxylic acids is 2. The molecule has 290 valence electrons. The van der Waals surface area contributed by atoms with Crippen LogP contribution in [-0.2, 0) is 64.5 Å². The van der Waals surface area contributed by atoms with Crippen molar-refractivity contribution in [1.82, 2.24) is 10.4 Å². The van der Waals surface area contributed by atoms with Crippen molar-refractivity contribution in [1.29, 1.82) is 0 Å². The predicted octanol–water partition coefficient (Wildman–Crippen LogP) is 7.08. The normalized spacial score (nSPS) is 23.1. The third-order valence-electron chi connectivity index (χ3n) is 9.81. The summed E-state index contributed by atoms with van der Waals surface area (Å²) < 4.78 is 33.4. The molecule has 1 amide bonds. The fourth-order valence-electron chi connectivity index (χ4n) is 7.23. The summed E-state index contributed by atoms with van der Waals surface area (Å²) in [6, 6.07) is 39.6. The summed E-state index contributed by atoms with van der Waals surface area (Å²) in [5, 5.41) is 4.72. The van der Waals surface area contributed by atoms with Gasteiger partial charge in [0.25, 0.3) is 5.91 Å². The van der Waals surface area contributed by atoms with Crippen LogP contribution in [0.15, 0.2) is 133 Å². The highest BCUT2D eigenvalue weighted by Crippen LogP contribution is 2.41. The zero-order valence-corrected chi connectivity index (χ0v) is 32.3. The lowest BCUT2D eigenvalue weighted by Crippen LogP contribution is -2.65. The molecule has 0 aromatic heterocycles. The van der Waals surface area contributed by atoms with E-state index in [-0.39, 0.29) is 25.7 Å². The quantitative estimate of drug-likeness (QED) is 0.129. The van der Waals surface area contributed by atoms with Gasteiger partial charge in [-0.05, 0) is 49.9 Å². The molecule has 55 heavy (non-hydrogen) atoms. The molecule has 1 saturated heterocycles. The molecule has 4 aromatic carbocycles. The topological polar surface area (TPSA) is 105 Å². The number of carbonyl (C=O) groups is 2. The number of ether oxygens (including phenoxy) is 5. The number of rotatable bonds is 16. The summed E-state index contributed by atoms with van der Waals surface area (Å²) in [7, 11) is 0. The third kappa shape index (κ3) is 10.3. The summed E-state index contributed by atoms with van der Waals surface area (Å²) in [5.74, 6) is -0.861. The second-order valence-electron chi connectivity index (χ2n) is 15.0. The third-order valence-corrected chi connectivity index (χ3v) is 9.81. The fraction of sp³-hybridized carbons (Fsp3) is 0.378. The minimum absolute atomic E-state index is 0.152. The molecule has 1 N–H and O–H groups in total. The Morgan fingerprint density at radius 3 is 1.55 bits per heavy atom. The number of hydrogen-bond donors (Lipinski definition) is 1. The van der Waals surface area contributed by atoms with Crippen LogP contribution in [0.25, 0.3) is 0 Å². The van der Waals surface area contributed by atoms with Crippen LogP contribution in [0.4, 0.5) is 0 Å². The summed E-state index contributed by atoms with van der Waals surface area (Å²) in [6.45, 7) is 10.1.